The minimum absolute atomic E-state index is 0.142. The average molecular weight is 325 g/mol. The highest BCUT2D eigenvalue weighted by atomic mass is 19.4. The lowest BCUT2D eigenvalue weighted by molar-refractivity contribution is -0.138. The van der Waals surface area contributed by atoms with E-state index in [0.29, 0.717) is 30.9 Å². The van der Waals surface area contributed by atoms with E-state index in [2.05, 4.69) is 0 Å². The number of alkyl halides is 3. The molecule has 2 N–H and O–H groups in total. The van der Waals surface area contributed by atoms with Gasteiger partial charge >= 0.3 is 6.18 Å². The van der Waals surface area contributed by atoms with Crippen LogP contribution in [0, 0.1) is 0 Å². The molecule has 0 radical (unpaired) electrons. The number of para-hydroxylation sites is 1. The van der Waals surface area contributed by atoms with Crippen molar-refractivity contribution >= 4 is 5.69 Å². The van der Waals surface area contributed by atoms with Crippen LogP contribution in [0.4, 0.5) is 18.9 Å². The zero-order valence-electron chi connectivity index (χ0n) is 12.5. The summed E-state index contributed by atoms with van der Waals surface area (Å²) in [4.78, 5) is 0. The molecule has 0 unspecified atom stereocenters. The Balaban J connectivity index is 1.72. The number of anilines is 1. The van der Waals surface area contributed by atoms with Gasteiger partial charge in [-0.25, -0.2) is 0 Å². The van der Waals surface area contributed by atoms with Gasteiger partial charge in [-0.15, -0.1) is 0 Å². The van der Waals surface area contributed by atoms with Gasteiger partial charge in [-0.05, 0) is 37.1 Å². The largest absolute Gasteiger partial charge is 0.494 e. The van der Waals surface area contributed by atoms with E-state index in [1.807, 2.05) is 0 Å². The first kappa shape index (κ1) is 17.0. The van der Waals surface area contributed by atoms with Crippen LogP contribution >= 0.6 is 0 Å². The summed E-state index contributed by atoms with van der Waals surface area (Å²) >= 11 is 0. The highest BCUT2D eigenvalue weighted by Crippen LogP contribution is 2.35. The Labute approximate surface area is 132 Å². The van der Waals surface area contributed by atoms with Crippen molar-refractivity contribution in [3.05, 3.63) is 54.1 Å². The van der Waals surface area contributed by atoms with E-state index in [1.165, 1.54) is 18.2 Å². The molecule has 0 aliphatic carbocycles. The lowest BCUT2D eigenvalue weighted by Gasteiger charge is -2.13. The van der Waals surface area contributed by atoms with Gasteiger partial charge in [0.1, 0.15) is 11.5 Å². The normalized spacial score (nSPS) is 11.3. The standard InChI is InChI=1S/C17H18F3NO2/c18-17(19,20)15-8-1-2-9-16(15)23-11-4-3-10-22-14-7-5-6-13(21)12-14/h1-2,5-9,12H,3-4,10-11,21H2. The molecule has 0 spiro atoms. The molecular weight excluding hydrogens is 307 g/mol. The summed E-state index contributed by atoms with van der Waals surface area (Å²) in [6, 6.07) is 12.3. The molecule has 0 saturated heterocycles. The summed E-state index contributed by atoms with van der Waals surface area (Å²) in [6.07, 6.45) is -3.15. The first-order valence-electron chi connectivity index (χ1n) is 7.24. The monoisotopic (exact) mass is 325 g/mol. The van der Waals surface area contributed by atoms with Gasteiger partial charge in [0.15, 0.2) is 0 Å². The predicted molar refractivity (Wildman–Crippen MR) is 82.5 cm³/mol. The number of benzene rings is 2. The second-order valence-corrected chi connectivity index (χ2v) is 4.97. The third kappa shape index (κ3) is 5.39. The fourth-order valence-corrected chi connectivity index (χ4v) is 2.01. The van der Waals surface area contributed by atoms with Crippen molar-refractivity contribution in [2.45, 2.75) is 19.0 Å². The summed E-state index contributed by atoms with van der Waals surface area (Å²) in [5.41, 5.74) is 5.50. The molecule has 2 aromatic rings. The molecule has 0 heterocycles. The van der Waals surface area contributed by atoms with Crippen LogP contribution in [-0.2, 0) is 6.18 Å². The topological polar surface area (TPSA) is 44.5 Å². The minimum atomic E-state index is -4.41. The number of unbranched alkanes of at least 4 members (excludes halogenated alkanes) is 1. The number of nitrogens with two attached hydrogens (primary N) is 1. The summed E-state index contributed by atoms with van der Waals surface area (Å²) in [7, 11) is 0. The van der Waals surface area contributed by atoms with Crippen LogP contribution in [0.25, 0.3) is 0 Å². The molecule has 0 atom stereocenters. The van der Waals surface area contributed by atoms with Crippen LogP contribution in [0.15, 0.2) is 48.5 Å². The molecule has 0 bridgehead atoms. The number of halogens is 3. The van der Waals surface area contributed by atoms with Crippen molar-refractivity contribution in [2.24, 2.45) is 0 Å². The number of ether oxygens (including phenoxy) is 2. The van der Waals surface area contributed by atoms with Gasteiger partial charge in [-0.2, -0.15) is 13.2 Å². The zero-order valence-corrected chi connectivity index (χ0v) is 12.5. The number of rotatable bonds is 7. The van der Waals surface area contributed by atoms with Crippen LogP contribution in [0.1, 0.15) is 18.4 Å². The molecule has 0 saturated carbocycles. The maximum absolute atomic E-state index is 12.8. The Hall–Kier alpha value is -2.37. The smallest absolute Gasteiger partial charge is 0.419 e. The maximum atomic E-state index is 12.8. The minimum Gasteiger partial charge on any atom is -0.494 e. The Kier molecular flexibility index (Phi) is 5.73. The molecule has 2 aromatic carbocycles. The summed E-state index contributed by atoms with van der Waals surface area (Å²) in [5, 5.41) is 0. The summed E-state index contributed by atoms with van der Waals surface area (Å²) in [5.74, 6) is 0.532. The van der Waals surface area contributed by atoms with E-state index in [9.17, 15) is 13.2 Å². The average Bonchev–Trinajstić information content (AvgIpc) is 2.50. The van der Waals surface area contributed by atoms with Gasteiger partial charge in [0.05, 0.1) is 18.8 Å². The Bertz CT molecular complexity index is 629. The second-order valence-electron chi connectivity index (χ2n) is 4.97. The maximum Gasteiger partial charge on any atom is 0.419 e. The van der Waals surface area contributed by atoms with Crippen molar-refractivity contribution < 1.29 is 22.6 Å². The molecular formula is C17H18F3NO2. The molecule has 0 aliphatic heterocycles. The van der Waals surface area contributed by atoms with Crippen molar-refractivity contribution in [3.63, 3.8) is 0 Å². The molecule has 6 heteroatoms. The SMILES string of the molecule is Nc1cccc(OCCCCOc2ccccc2C(F)(F)F)c1. The Morgan fingerprint density at radius 2 is 1.57 bits per heavy atom. The quantitative estimate of drug-likeness (QED) is 0.601. The summed E-state index contributed by atoms with van der Waals surface area (Å²) < 4.78 is 49.1. The molecule has 0 fully saturated rings. The van der Waals surface area contributed by atoms with Crippen molar-refractivity contribution in [1.29, 1.82) is 0 Å². The number of nitrogen functional groups attached to an aromatic ring is 1. The van der Waals surface area contributed by atoms with Gasteiger partial charge in [-0.1, -0.05) is 18.2 Å². The van der Waals surface area contributed by atoms with Crippen LogP contribution < -0.4 is 15.2 Å². The third-order valence-electron chi connectivity index (χ3n) is 3.12. The third-order valence-corrected chi connectivity index (χ3v) is 3.12. The molecule has 23 heavy (non-hydrogen) atoms. The van der Waals surface area contributed by atoms with Gasteiger partial charge in [0.2, 0.25) is 0 Å². The lowest BCUT2D eigenvalue weighted by atomic mass is 10.2. The molecule has 0 amide bonds. The lowest BCUT2D eigenvalue weighted by Crippen LogP contribution is -2.09. The Morgan fingerprint density at radius 1 is 0.870 bits per heavy atom. The predicted octanol–water partition coefficient (Wildman–Crippen LogP) is 4.53. The Morgan fingerprint density at radius 3 is 2.26 bits per heavy atom. The highest BCUT2D eigenvalue weighted by molar-refractivity contribution is 5.43. The molecule has 124 valence electrons. The molecule has 0 aromatic heterocycles. The van der Waals surface area contributed by atoms with Gasteiger partial charge in [0, 0.05) is 11.8 Å². The van der Waals surface area contributed by atoms with Crippen LogP contribution in [0.3, 0.4) is 0 Å². The van der Waals surface area contributed by atoms with Crippen LogP contribution in [0.2, 0.25) is 0 Å². The van der Waals surface area contributed by atoms with Crippen LogP contribution in [-0.4, -0.2) is 13.2 Å². The number of hydrogen-bond acceptors (Lipinski definition) is 3. The van der Waals surface area contributed by atoms with Crippen molar-refractivity contribution in [3.8, 4) is 11.5 Å². The summed E-state index contributed by atoms with van der Waals surface area (Å²) in [6.45, 7) is 0.654. The second kappa shape index (κ2) is 7.76. The van der Waals surface area contributed by atoms with Crippen LogP contribution in [0.5, 0.6) is 11.5 Å². The fraction of sp³-hybridized carbons (Fsp3) is 0.294. The van der Waals surface area contributed by atoms with Gasteiger partial charge in [-0.3, -0.25) is 0 Å². The van der Waals surface area contributed by atoms with E-state index in [-0.39, 0.29) is 12.4 Å². The first-order valence-corrected chi connectivity index (χ1v) is 7.24. The van der Waals surface area contributed by atoms with E-state index < -0.39 is 11.7 Å². The molecule has 3 nitrogen and oxygen atoms in total. The first-order chi connectivity index (χ1) is 11.0. The van der Waals surface area contributed by atoms with Crippen molar-refractivity contribution in [2.75, 3.05) is 18.9 Å². The van der Waals surface area contributed by atoms with E-state index in [1.54, 1.807) is 24.3 Å². The fourth-order valence-electron chi connectivity index (χ4n) is 2.01. The molecule has 0 aliphatic rings. The van der Waals surface area contributed by atoms with E-state index in [4.69, 9.17) is 15.2 Å². The zero-order chi connectivity index (χ0) is 16.7. The van der Waals surface area contributed by atoms with Gasteiger partial charge < -0.3 is 15.2 Å². The van der Waals surface area contributed by atoms with E-state index in [0.717, 1.165) is 6.07 Å². The van der Waals surface area contributed by atoms with E-state index >= 15 is 0 Å². The van der Waals surface area contributed by atoms with Crippen molar-refractivity contribution in [1.82, 2.24) is 0 Å². The van der Waals surface area contributed by atoms with Gasteiger partial charge in [0.25, 0.3) is 0 Å². The highest BCUT2D eigenvalue weighted by Gasteiger charge is 2.33. The number of hydrogen-bond donors (Lipinski definition) is 1. The molecule has 2 rings (SSSR count).